The molecule has 3 nitrogen and oxygen atoms in total. The van der Waals surface area contributed by atoms with Gasteiger partial charge in [-0.3, -0.25) is 4.79 Å². The number of benzene rings is 2. The molecule has 0 saturated heterocycles. The summed E-state index contributed by atoms with van der Waals surface area (Å²) in [6.45, 7) is 0. The molecule has 1 N–H and O–H groups in total. The lowest BCUT2D eigenvalue weighted by molar-refractivity contribution is 0.102. The summed E-state index contributed by atoms with van der Waals surface area (Å²) in [6, 6.07) is 11.9. The van der Waals surface area contributed by atoms with E-state index in [1.165, 1.54) is 0 Å². The van der Waals surface area contributed by atoms with Crippen molar-refractivity contribution in [2.75, 3.05) is 5.32 Å². The number of nitrogens with zero attached hydrogens (tertiary/aromatic N) is 1. The molecule has 6 heteroatoms. The van der Waals surface area contributed by atoms with E-state index in [1.54, 1.807) is 36.4 Å². The van der Waals surface area contributed by atoms with Crippen LogP contribution in [0.3, 0.4) is 0 Å². The second-order valence-corrected chi connectivity index (χ2v) is 6.09. The Hall–Kier alpha value is -1.35. The van der Waals surface area contributed by atoms with Crippen LogP contribution in [0.4, 0.5) is 5.69 Å². The van der Waals surface area contributed by atoms with Crippen molar-refractivity contribution in [3.8, 4) is 6.07 Å². The third-order valence-corrected chi connectivity index (χ3v) is 3.91. The third kappa shape index (κ3) is 3.40. The molecule has 0 bridgehead atoms. The summed E-state index contributed by atoms with van der Waals surface area (Å²) in [6.07, 6.45) is 0. The zero-order valence-electron chi connectivity index (χ0n) is 9.95. The van der Waals surface area contributed by atoms with E-state index in [-0.39, 0.29) is 5.91 Å². The largest absolute Gasteiger partial charge is 0.321 e. The molecule has 0 aliphatic carbocycles. The Morgan fingerprint density at radius 3 is 2.60 bits per heavy atom. The quantitative estimate of drug-likeness (QED) is 0.753. The van der Waals surface area contributed by atoms with Crippen molar-refractivity contribution in [3.05, 3.63) is 61.5 Å². The summed E-state index contributed by atoms with van der Waals surface area (Å²) in [4.78, 5) is 12.2. The molecule has 0 radical (unpaired) electrons. The Morgan fingerprint density at radius 2 is 1.95 bits per heavy atom. The molecule has 0 aromatic heterocycles. The number of carbonyl (C=O) groups excluding carboxylic acids is 1. The molecule has 2 aromatic rings. The van der Waals surface area contributed by atoms with Gasteiger partial charge in [0.15, 0.2) is 0 Å². The Balaban J connectivity index is 2.33. The first kappa shape index (κ1) is 15.0. The van der Waals surface area contributed by atoms with E-state index < -0.39 is 0 Å². The van der Waals surface area contributed by atoms with Crippen molar-refractivity contribution in [2.24, 2.45) is 0 Å². The molecular formula is C14H7Br2ClN2O. The van der Waals surface area contributed by atoms with Crippen molar-refractivity contribution in [1.29, 1.82) is 5.26 Å². The van der Waals surface area contributed by atoms with Gasteiger partial charge in [0.05, 0.1) is 16.8 Å². The first-order valence-corrected chi connectivity index (χ1v) is 7.43. The monoisotopic (exact) mass is 412 g/mol. The van der Waals surface area contributed by atoms with E-state index in [2.05, 4.69) is 37.2 Å². The fourth-order valence-electron chi connectivity index (χ4n) is 1.58. The summed E-state index contributed by atoms with van der Waals surface area (Å²) in [5.41, 5.74) is 1.22. The zero-order valence-corrected chi connectivity index (χ0v) is 13.9. The van der Waals surface area contributed by atoms with E-state index in [9.17, 15) is 4.79 Å². The second-order valence-electron chi connectivity index (χ2n) is 3.88. The zero-order chi connectivity index (χ0) is 14.7. The van der Waals surface area contributed by atoms with Crippen molar-refractivity contribution < 1.29 is 4.79 Å². The predicted molar refractivity (Wildman–Crippen MR) is 86.0 cm³/mol. The number of hydrogen-bond acceptors (Lipinski definition) is 2. The lowest BCUT2D eigenvalue weighted by Crippen LogP contribution is -2.13. The van der Waals surface area contributed by atoms with E-state index in [4.69, 9.17) is 16.9 Å². The molecule has 0 aliphatic rings. The Labute approximate surface area is 137 Å². The maximum atomic E-state index is 12.2. The highest BCUT2D eigenvalue weighted by Crippen LogP contribution is 2.25. The van der Waals surface area contributed by atoms with Gasteiger partial charge in [0.25, 0.3) is 5.91 Å². The Kier molecular flexibility index (Phi) is 4.81. The first-order chi connectivity index (χ1) is 9.51. The summed E-state index contributed by atoms with van der Waals surface area (Å²) in [5, 5.41) is 12.2. The van der Waals surface area contributed by atoms with Crippen LogP contribution in [-0.2, 0) is 0 Å². The molecule has 0 atom stereocenters. The van der Waals surface area contributed by atoms with Crippen LogP contribution in [0.15, 0.2) is 45.3 Å². The molecule has 0 heterocycles. The van der Waals surface area contributed by atoms with Gasteiger partial charge in [-0.1, -0.05) is 27.5 Å². The maximum Gasteiger partial charge on any atom is 0.256 e. The Bertz CT molecular complexity index is 726. The van der Waals surface area contributed by atoms with E-state index in [0.29, 0.717) is 26.3 Å². The van der Waals surface area contributed by atoms with Gasteiger partial charge in [-0.2, -0.15) is 5.26 Å². The van der Waals surface area contributed by atoms with Gasteiger partial charge in [0.1, 0.15) is 6.07 Å². The minimum absolute atomic E-state index is 0.317. The maximum absolute atomic E-state index is 12.2. The summed E-state index contributed by atoms with van der Waals surface area (Å²) < 4.78 is 1.52. The van der Waals surface area contributed by atoms with Crippen molar-refractivity contribution in [2.45, 2.75) is 0 Å². The third-order valence-electron chi connectivity index (χ3n) is 2.53. The molecule has 0 aliphatic heterocycles. The number of amides is 1. The number of hydrogen-bond donors (Lipinski definition) is 1. The van der Waals surface area contributed by atoms with E-state index >= 15 is 0 Å². The number of carbonyl (C=O) groups is 1. The van der Waals surface area contributed by atoms with Crippen LogP contribution in [0.1, 0.15) is 15.9 Å². The standard InChI is InChI=1S/C14H7Br2ClN2O/c15-9-2-4-11(12(16)5-9)14(20)19-13-6-10(17)3-1-8(13)7-18/h1-6H,(H,19,20). The van der Waals surface area contributed by atoms with Crippen molar-refractivity contribution >= 4 is 55.1 Å². The lowest BCUT2D eigenvalue weighted by atomic mass is 10.1. The molecule has 0 unspecified atom stereocenters. The highest BCUT2D eigenvalue weighted by molar-refractivity contribution is 9.11. The van der Waals surface area contributed by atoms with Crippen LogP contribution in [-0.4, -0.2) is 5.91 Å². The SMILES string of the molecule is N#Cc1ccc(Cl)cc1NC(=O)c1ccc(Br)cc1Br. The fraction of sp³-hybridized carbons (Fsp3) is 0. The van der Waals surface area contributed by atoms with Gasteiger partial charge in [0.2, 0.25) is 0 Å². The summed E-state index contributed by atoms with van der Waals surface area (Å²) in [7, 11) is 0. The van der Waals surface area contributed by atoms with Crippen LogP contribution in [0.25, 0.3) is 0 Å². The van der Waals surface area contributed by atoms with Gasteiger partial charge >= 0.3 is 0 Å². The predicted octanol–water partition coefficient (Wildman–Crippen LogP) is 4.99. The highest BCUT2D eigenvalue weighted by atomic mass is 79.9. The Morgan fingerprint density at radius 1 is 1.20 bits per heavy atom. The molecule has 20 heavy (non-hydrogen) atoms. The molecule has 1 amide bonds. The number of nitriles is 1. The molecule has 0 saturated carbocycles. The molecule has 0 spiro atoms. The first-order valence-electron chi connectivity index (χ1n) is 5.47. The smallest absolute Gasteiger partial charge is 0.256 e. The minimum Gasteiger partial charge on any atom is -0.321 e. The molecule has 100 valence electrons. The van der Waals surface area contributed by atoms with Crippen LogP contribution < -0.4 is 5.32 Å². The van der Waals surface area contributed by atoms with Crippen LogP contribution in [0.5, 0.6) is 0 Å². The average Bonchev–Trinajstić information content (AvgIpc) is 2.38. The number of anilines is 1. The van der Waals surface area contributed by atoms with Crippen LogP contribution in [0.2, 0.25) is 5.02 Å². The van der Waals surface area contributed by atoms with E-state index in [1.807, 2.05) is 6.07 Å². The topological polar surface area (TPSA) is 52.9 Å². The highest BCUT2D eigenvalue weighted by Gasteiger charge is 2.13. The van der Waals surface area contributed by atoms with E-state index in [0.717, 1.165) is 4.47 Å². The lowest BCUT2D eigenvalue weighted by Gasteiger charge is -2.09. The van der Waals surface area contributed by atoms with Crippen molar-refractivity contribution in [3.63, 3.8) is 0 Å². The average molecular weight is 414 g/mol. The number of rotatable bonds is 2. The second kappa shape index (κ2) is 6.40. The molecule has 0 fully saturated rings. The van der Waals surface area contributed by atoms with Gasteiger partial charge in [-0.15, -0.1) is 0 Å². The molecule has 2 rings (SSSR count). The van der Waals surface area contributed by atoms with Crippen LogP contribution in [0, 0.1) is 11.3 Å². The van der Waals surface area contributed by atoms with Gasteiger partial charge < -0.3 is 5.32 Å². The number of nitrogens with one attached hydrogen (secondary N) is 1. The molecule has 2 aromatic carbocycles. The summed E-state index contributed by atoms with van der Waals surface area (Å²) in [5.74, 6) is -0.317. The van der Waals surface area contributed by atoms with Crippen LogP contribution >= 0.6 is 43.5 Å². The van der Waals surface area contributed by atoms with Gasteiger partial charge in [-0.25, -0.2) is 0 Å². The number of halogens is 3. The normalized spacial score (nSPS) is 9.90. The summed E-state index contributed by atoms with van der Waals surface area (Å²) >= 11 is 12.5. The van der Waals surface area contributed by atoms with Gasteiger partial charge in [-0.05, 0) is 52.3 Å². The van der Waals surface area contributed by atoms with Gasteiger partial charge in [0, 0.05) is 14.0 Å². The fourth-order valence-corrected chi connectivity index (χ4v) is 2.98. The van der Waals surface area contributed by atoms with Crippen molar-refractivity contribution in [1.82, 2.24) is 0 Å². The molecular weight excluding hydrogens is 407 g/mol. The minimum atomic E-state index is -0.317.